The molecule has 0 heterocycles. The van der Waals surface area contributed by atoms with E-state index >= 15 is 0 Å². The second-order valence-electron chi connectivity index (χ2n) is 4.10. The number of esters is 1. The third-order valence-electron chi connectivity index (χ3n) is 2.78. The summed E-state index contributed by atoms with van der Waals surface area (Å²) in [5.74, 6) is -1.26. The van der Waals surface area contributed by atoms with Crippen molar-refractivity contribution in [1.82, 2.24) is 0 Å². The molecule has 0 fully saturated rings. The topological polar surface area (TPSA) is 69.4 Å². The molecule has 0 bridgehead atoms. The highest BCUT2D eigenvalue weighted by Crippen LogP contribution is 2.27. The van der Waals surface area contributed by atoms with Gasteiger partial charge in [-0.25, -0.2) is 0 Å². The molecule has 0 aromatic heterocycles. The molecule has 1 atom stereocenters. The van der Waals surface area contributed by atoms with Crippen molar-refractivity contribution < 1.29 is 14.3 Å². The van der Waals surface area contributed by atoms with Gasteiger partial charge in [0, 0.05) is 0 Å². The molecule has 18 heavy (non-hydrogen) atoms. The highest BCUT2D eigenvalue weighted by molar-refractivity contribution is 6.01. The van der Waals surface area contributed by atoms with Gasteiger partial charge < -0.3 is 10.5 Å². The van der Waals surface area contributed by atoms with Crippen LogP contribution in [0.15, 0.2) is 37.0 Å². The predicted octanol–water partition coefficient (Wildman–Crippen LogP) is 2.12. The van der Waals surface area contributed by atoms with E-state index in [2.05, 4.69) is 13.2 Å². The van der Waals surface area contributed by atoms with Crippen molar-refractivity contribution in [3.8, 4) is 0 Å². The Hall–Kier alpha value is -1.84. The fourth-order valence-corrected chi connectivity index (χ4v) is 1.42. The molecule has 0 saturated carbocycles. The van der Waals surface area contributed by atoms with Crippen LogP contribution in [0, 0.1) is 5.41 Å². The first-order valence-corrected chi connectivity index (χ1v) is 5.83. The Morgan fingerprint density at radius 3 is 2.39 bits per heavy atom. The summed E-state index contributed by atoms with van der Waals surface area (Å²) in [5, 5.41) is 0. The Morgan fingerprint density at radius 2 is 2.00 bits per heavy atom. The minimum Gasteiger partial charge on any atom is -0.465 e. The number of hydrogen-bond donors (Lipinski definition) is 1. The maximum atomic E-state index is 11.8. The number of nitrogens with two attached hydrogens (primary N) is 1. The zero-order valence-corrected chi connectivity index (χ0v) is 11.1. The van der Waals surface area contributed by atoms with Gasteiger partial charge in [-0.1, -0.05) is 31.4 Å². The van der Waals surface area contributed by atoms with Crippen molar-refractivity contribution in [1.29, 1.82) is 0 Å². The first-order chi connectivity index (χ1) is 8.42. The summed E-state index contributed by atoms with van der Waals surface area (Å²) in [7, 11) is 0. The number of carbonyl (C=O) groups is 2. The van der Waals surface area contributed by atoms with E-state index in [4.69, 9.17) is 10.5 Å². The number of allylic oxidation sites excluding steroid dienone is 4. The van der Waals surface area contributed by atoms with Crippen LogP contribution in [0.4, 0.5) is 0 Å². The van der Waals surface area contributed by atoms with Crippen LogP contribution in [0.3, 0.4) is 0 Å². The second-order valence-corrected chi connectivity index (χ2v) is 4.10. The predicted molar refractivity (Wildman–Crippen MR) is 71.6 cm³/mol. The molecular weight excluding hydrogens is 230 g/mol. The van der Waals surface area contributed by atoms with Gasteiger partial charge >= 0.3 is 5.97 Å². The van der Waals surface area contributed by atoms with E-state index in [0.29, 0.717) is 6.42 Å². The van der Waals surface area contributed by atoms with E-state index in [1.54, 1.807) is 25.2 Å². The summed E-state index contributed by atoms with van der Waals surface area (Å²) < 4.78 is 4.89. The molecule has 1 amide bonds. The quantitative estimate of drug-likeness (QED) is 0.408. The Labute approximate surface area is 108 Å². The van der Waals surface area contributed by atoms with Crippen molar-refractivity contribution in [3.63, 3.8) is 0 Å². The van der Waals surface area contributed by atoms with Crippen molar-refractivity contribution in [2.45, 2.75) is 26.7 Å². The van der Waals surface area contributed by atoms with Gasteiger partial charge in [-0.15, -0.1) is 0 Å². The third-order valence-corrected chi connectivity index (χ3v) is 2.78. The lowest BCUT2D eigenvalue weighted by atomic mass is 9.83. The van der Waals surface area contributed by atoms with E-state index in [-0.39, 0.29) is 13.0 Å². The Bertz CT molecular complexity index is 371. The molecule has 4 nitrogen and oxygen atoms in total. The molecule has 0 rings (SSSR count). The number of ether oxygens (including phenoxy) is 1. The molecule has 2 N–H and O–H groups in total. The highest BCUT2D eigenvalue weighted by atomic mass is 16.5. The molecule has 0 saturated heterocycles. The van der Waals surface area contributed by atoms with Crippen LogP contribution < -0.4 is 5.73 Å². The fraction of sp³-hybridized carbons (Fsp3) is 0.429. The minimum atomic E-state index is -1.31. The van der Waals surface area contributed by atoms with Gasteiger partial charge in [-0.3, -0.25) is 9.59 Å². The number of rotatable bonds is 8. The van der Waals surface area contributed by atoms with E-state index in [0.717, 1.165) is 5.57 Å². The standard InChI is InChI=1S/C14H21NO3/c1-5-8-11(6-2)9-10-14(4,12(15)16)13(17)18-7-3/h5-6,8H,1-2,7,9-10H2,3-4H3,(H2,15,16)/b11-8+. The number of amides is 1. The minimum absolute atomic E-state index is 0.221. The molecule has 0 spiro atoms. The summed E-state index contributed by atoms with van der Waals surface area (Å²) in [6.07, 6.45) is 5.86. The van der Waals surface area contributed by atoms with Crippen molar-refractivity contribution >= 4 is 11.9 Å². The fourth-order valence-electron chi connectivity index (χ4n) is 1.42. The molecule has 4 heteroatoms. The Balaban J connectivity index is 4.88. The molecule has 0 radical (unpaired) electrons. The summed E-state index contributed by atoms with van der Waals surface area (Å²) in [5.41, 5.74) is 4.88. The Morgan fingerprint density at radius 1 is 1.39 bits per heavy atom. The van der Waals surface area contributed by atoms with Crippen LogP contribution in [0.1, 0.15) is 26.7 Å². The average Bonchev–Trinajstić information content (AvgIpc) is 2.33. The molecule has 0 aliphatic heterocycles. The van der Waals surface area contributed by atoms with Gasteiger partial charge in [0.2, 0.25) is 5.91 Å². The average molecular weight is 251 g/mol. The van der Waals surface area contributed by atoms with Gasteiger partial charge in [0.1, 0.15) is 5.41 Å². The molecular formula is C14H21NO3. The molecule has 0 aliphatic carbocycles. The van der Waals surface area contributed by atoms with Crippen LogP contribution in [0.25, 0.3) is 0 Å². The third kappa shape index (κ3) is 4.20. The maximum Gasteiger partial charge on any atom is 0.321 e. The summed E-state index contributed by atoms with van der Waals surface area (Å²) in [6.45, 7) is 10.7. The number of carbonyl (C=O) groups excluding carboxylic acids is 2. The lowest BCUT2D eigenvalue weighted by molar-refractivity contribution is -0.159. The van der Waals surface area contributed by atoms with Crippen LogP contribution in [-0.2, 0) is 14.3 Å². The monoisotopic (exact) mass is 251 g/mol. The van der Waals surface area contributed by atoms with Crippen molar-refractivity contribution in [3.05, 3.63) is 37.0 Å². The number of hydrogen-bond acceptors (Lipinski definition) is 3. The van der Waals surface area contributed by atoms with Crippen LogP contribution in [-0.4, -0.2) is 18.5 Å². The first kappa shape index (κ1) is 16.2. The van der Waals surface area contributed by atoms with Gasteiger partial charge in [0.05, 0.1) is 6.61 Å². The number of primary amides is 1. The summed E-state index contributed by atoms with van der Waals surface area (Å²) >= 11 is 0. The van der Waals surface area contributed by atoms with Gasteiger partial charge in [0.25, 0.3) is 0 Å². The molecule has 1 unspecified atom stereocenters. The maximum absolute atomic E-state index is 11.8. The van der Waals surface area contributed by atoms with E-state index in [1.165, 1.54) is 6.92 Å². The lowest BCUT2D eigenvalue weighted by Gasteiger charge is -2.23. The van der Waals surface area contributed by atoms with E-state index < -0.39 is 17.3 Å². The lowest BCUT2D eigenvalue weighted by Crippen LogP contribution is -2.42. The molecule has 0 aliphatic rings. The van der Waals surface area contributed by atoms with E-state index in [9.17, 15) is 9.59 Å². The SMILES string of the molecule is C=C/C=C(\C=C)CCC(C)(C(N)=O)C(=O)OCC. The van der Waals surface area contributed by atoms with Crippen molar-refractivity contribution in [2.75, 3.05) is 6.61 Å². The van der Waals surface area contributed by atoms with Crippen LogP contribution in [0.5, 0.6) is 0 Å². The molecule has 100 valence electrons. The highest BCUT2D eigenvalue weighted by Gasteiger charge is 2.40. The Kier molecular flexibility index (Phi) is 6.71. The first-order valence-electron chi connectivity index (χ1n) is 5.83. The van der Waals surface area contributed by atoms with Crippen LogP contribution >= 0.6 is 0 Å². The zero-order valence-electron chi connectivity index (χ0n) is 11.1. The molecule has 0 aromatic rings. The smallest absolute Gasteiger partial charge is 0.321 e. The van der Waals surface area contributed by atoms with Crippen LogP contribution in [0.2, 0.25) is 0 Å². The largest absolute Gasteiger partial charge is 0.465 e. The zero-order chi connectivity index (χ0) is 14.2. The van der Waals surface area contributed by atoms with Gasteiger partial charge in [-0.2, -0.15) is 0 Å². The molecule has 0 aromatic carbocycles. The summed E-state index contributed by atoms with van der Waals surface area (Å²) in [4.78, 5) is 23.2. The van der Waals surface area contributed by atoms with E-state index in [1.807, 2.05) is 0 Å². The normalized spacial score (nSPS) is 14.4. The van der Waals surface area contributed by atoms with Gasteiger partial charge in [0.15, 0.2) is 0 Å². The van der Waals surface area contributed by atoms with Crippen molar-refractivity contribution in [2.24, 2.45) is 11.1 Å². The second kappa shape index (κ2) is 7.48. The summed E-state index contributed by atoms with van der Waals surface area (Å²) in [6, 6.07) is 0. The van der Waals surface area contributed by atoms with Gasteiger partial charge in [-0.05, 0) is 32.3 Å².